The van der Waals surface area contributed by atoms with Crippen LogP contribution in [0.25, 0.3) is 10.9 Å². The number of amides is 2. The molecule has 0 saturated carbocycles. The fourth-order valence-electron chi connectivity index (χ4n) is 5.93. The van der Waals surface area contributed by atoms with Crippen molar-refractivity contribution in [1.29, 1.82) is 0 Å². The Bertz CT molecular complexity index is 1090. The molecule has 3 heterocycles. The van der Waals surface area contributed by atoms with Crippen molar-refractivity contribution >= 4 is 28.3 Å². The second-order valence-electron chi connectivity index (χ2n) is 8.89. The Morgan fingerprint density at radius 1 is 1.03 bits per heavy atom. The molecular formula is C24H27N5O. The van der Waals surface area contributed by atoms with Crippen molar-refractivity contribution < 1.29 is 4.79 Å². The van der Waals surface area contributed by atoms with Crippen LogP contribution in [0.1, 0.15) is 55.7 Å². The molecule has 2 aliphatic heterocycles. The van der Waals surface area contributed by atoms with Gasteiger partial charge in [0.15, 0.2) is 0 Å². The molecule has 3 atom stereocenters. The Morgan fingerprint density at radius 2 is 1.87 bits per heavy atom. The van der Waals surface area contributed by atoms with Crippen LogP contribution >= 0.6 is 0 Å². The minimum absolute atomic E-state index is 0.0611. The lowest BCUT2D eigenvalue weighted by atomic mass is 9.98. The number of H-pyrrole nitrogens is 1. The van der Waals surface area contributed by atoms with Gasteiger partial charge in [-0.05, 0) is 74.3 Å². The first-order valence-corrected chi connectivity index (χ1v) is 11.2. The fourth-order valence-corrected chi connectivity index (χ4v) is 5.93. The number of fused-ring (bicyclic) bond motifs is 4. The van der Waals surface area contributed by atoms with Gasteiger partial charge >= 0.3 is 6.03 Å². The van der Waals surface area contributed by atoms with Crippen molar-refractivity contribution in [2.24, 2.45) is 0 Å². The van der Waals surface area contributed by atoms with E-state index in [0.29, 0.717) is 12.1 Å². The third kappa shape index (κ3) is 2.85. The maximum atomic E-state index is 12.8. The maximum Gasteiger partial charge on any atom is 0.319 e. The molecule has 6 heteroatoms. The highest BCUT2D eigenvalue weighted by Crippen LogP contribution is 2.44. The number of nitrogens with one attached hydrogen (secondary N) is 3. The average molecular weight is 402 g/mol. The van der Waals surface area contributed by atoms with E-state index in [2.05, 4.69) is 43.9 Å². The quantitative estimate of drug-likeness (QED) is 0.585. The van der Waals surface area contributed by atoms with Crippen LogP contribution in [0, 0.1) is 0 Å². The van der Waals surface area contributed by atoms with E-state index >= 15 is 0 Å². The zero-order valence-electron chi connectivity index (χ0n) is 17.0. The number of hydrogen-bond acceptors (Lipinski definition) is 3. The van der Waals surface area contributed by atoms with Crippen molar-refractivity contribution in [2.75, 3.05) is 10.2 Å². The summed E-state index contributed by atoms with van der Waals surface area (Å²) in [6.07, 6.45) is 10.4. The topological polar surface area (TPSA) is 73.0 Å². The predicted octanol–water partition coefficient (Wildman–Crippen LogP) is 4.89. The van der Waals surface area contributed by atoms with E-state index in [-0.39, 0.29) is 12.1 Å². The molecular weight excluding hydrogens is 374 g/mol. The number of piperidine rings is 1. The van der Waals surface area contributed by atoms with Gasteiger partial charge in [0.1, 0.15) is 0 Å². The monoisotopic (exact) mass is 401 g/mol. The van der Waals surface area contributed by atoms with Crippen LogP contribution in [0.3, 0.4) is 0 Å². The fraction of sp³-hybridized carbons (Fsp3) is 0.417. The van der Waals surface area contributed by atoms with Gasteiger partial charge in [-0.3, -0.25) is 5.10 Å². The molecule has 6 nitrogen and oxygen atoms in total. The van der Waals surface area contributed by atoms with Crippen LogP contribution in [0.4, 0.5) is 16.2 Å². The Labute approximate surface area is 176 Å². The lowest BCUT2D eigenvalue weighted by molar-refractivity contribution is 0.248. The average Bonchev–Trinajstić information content (AvgIpc) is 3.45. The van der Waals surface area contributed by atoms with Gasteiger partial charge in [-0.1, -0.05) is 18.2 Å². The van der Waals surface area contributed by atoms with Crippen molar-refractivity contribution in [3.63, 3.8) is 0 Å². The molecule has 1 aromatic heterocycles. The van der Waals surface area contributed by atoms with Gasteiger partial charge in [0.2, 0.25) is 0 Å². The summed E-state index contributed by atoms with van der Waals surface area (Å²) in [5.41, 5.74) is 5.84. The highest BCUT2D eigenvalue weighted by molar-refractivity contribution is 6.00. The molecule has 3 aliphatic rings. The summed E-state index contributed by atoms with van der Waals surface area (Å²) in [4.78, 5) is 15.5. The van der Waals surface area contributed by atoms with E-state index in [9.17, 15) is 4.79 Å². The molecule has 2 saturated heterocycles. The van der Waals surface area contributed by atoms with E-state index in [1.165, 1.54) is 48.9 Å². The molecule has 2 bridgehead atoms. The SMILES string of the molecule is O=C(Nc1cccc2[nH]ncc12)NC1CCc2c1cccc2N1C2CCCC1CC2. The number of carbonyl (C=O) groups excluding carboxylic acids is 1. The number of nitrogens with zero attached hydrogens (tertiary/aromatic N) is 2. The molecule has 3 aromatic rings. The van der Waals surface area contributed by atoms with Gasteiger partial charge in [-0.25, -0.2) is 4.79 Å². The molecule has 0 radical (unpaired) electrons. The van der Waals surface area contributed by atoms with Crippen molar-refractivity contribution in [3.8, 4) is 0 Å². The first-order chi connectivity index (χ1) is 14.8. The Balaban J connectivity index is 1.22. The van der Waals surface area contributed by atoms with E-state index < -0.39 is 0 Å². The van der Waals surface area contributed by atoms with Gasteiger partial charge < -0.3 is 15.5 Å². The summed E-state index contributed by atoms with van der Waals surface area (Å²) in [6.45, 7) is 0. The van der Waals surface area contributed by atoms with Crippen molar-refractivity contribution in [1.82, 2.24) is 15.5 Å². The second kappa shape index (κ2) is 7.04. The minimum atomic E-state index is -0.162. The number of urea groups is 1. The Hall–Kier alpha value is -3.02. The number of hydrogen-bond donors (Lipinski definition) is 3. The summed E-state index contributed by atoms with van der Waals surface area (Å²) in [6, 6.07) is 13.8. The lowest BCUT2D eigenvalue weighted by Crippen LogP contribution is -2.40. The summed E-state index contributed by atoms with van der Waals surface area (Å²) >= 11 is 0. The van der Waals surface area contributed by atoms with Crippen LogP contribution in [0.2, 0.25) is 0 Å². The third-order valence-electron chi connectivity index (χ3n) is 7.26. The van der Waals surface area contributed by atoms with Crippen molar-refractivity contribution in [3.05, 3.63) is 53.7 Å². The number of benzene rings is 2. The van der Waals surface area contributed by atoms with Crippen LogP contribution in [0.15, 0.2) is 42.6 Å². The van der Waals surface area contributed by atoms with Gasteiger partial charge in [-0.15, -0.1) is 0 Å². The summed E-state index contributed by atoms with van der Waals surface area (Å²) in [5, 5.41) is 14.2. The third-order valence-corrected chi connectivity index (χ3v) is 7.26. The van der Waals surface area contributed by atoms with Gasteiger partial charge in [0, 0.05) is 23.2 Å². The van der Waals surface area contributed by atoms with Crippen LogP contribution in [-0.2, 0) is 6.42 Å². The standard InChI is InChI=1S/C24H27N5O/c30-24(26-20-7-3-8-22-19(20)14-25-28-22)27-21-13-12-18-17(21)6-2-9-23(18)29-15-4-1-5-16(29)11-10-15/h2-3,6-9,14-16,21H,1,4-5,10-13H2,(H,25,28)(H2,26,27,30). The zero-order chi connectivity index (χ0) is 20.1. The van der Waals surface area contributed by atoms with Gasteiger partial charge in [0.25, 0.3) is 0 Å². The number of carbonyl (C=O) groups is 1. The highest BCUT2D eigenvalue weighted by Gasteiger charge is 2.38. The van der Waals surface area contributed by atoms with E-state index in [0.717, 1.165) is 29.4 Å². The lowest BCUT2D eigenvalue weighted by Gasteiger charge is -2.38. The number of anilines is 2. The van der Waals surface area contributed by atoms with Gasteiger partial charge in [0.05, 0.1) is 23.4 Å². The molecule has 0 spiro atoms. The molecule has 3 N–H and O–H groups in total. The molecule has 2 fully saturated rings. The largest absolute Gasteiger partial charge is 0.365 e. The molecule has 154 valence electrons. The number of aromatic amines is 1. The highest BCUT2D eigenvalue weighted by atomic mass is 16.2. The van der Waals surface area contributed by atoms with Crippen LogP contribution in [0.5, 0.6) is 0 Å². The maximum absolute atomic E-state index is 12.8. The van der Waals surface area contributed by atoms with E-state index in [1.807, 2.05) is 18.2 Å². The minimum Gasteiger partial charge on any atom is -0.365 e. The second-order valence-corrected chi connectivity index (χ2v) is 8.89. The summed E-state index contributed by atoms with van der Waals surface area (Å²) < 4.78 is 0. The summed E-state index contributed by atoms with van der Waals surface area (Å²) in [5.74, 6) is 0. The number of aromatic nitrogens is 2. The molecule has 30 heavy (non-hydrogen) atoms. The molecule has 6 rings (SSSR count). The van der Waals surface area contributed by atoms with Crippen LogP contribution in [-0.4, -0.2) is 28.3 Å². The number of rotatable bonds is 3. The normalized spacial score (nSPS) is 24.8. The molecule has 1 aliphatic carbocycles. The van der Waals surface area contributed by atoms with Crippen LogP contribution < -0.4 is 15.5 Å². The van der Waals surface area contributed by atoms with E-state index in [4.69, 9.17) is 0 Å². The van der Waals surface area contributed by atoms with Gasteiger partial charge in [-0.2, -0.15) is 5.10 Å². The van der Waals surface area contributed by atoms with Crippen molar-refractivity contribution in [2.45, 2.75) is 63.1 Å². The summed E-state index contributed by atoms with van der Waals surface area (Å²) in [7, 11) is 0. The molecule has 3 unspecified atom stereocenters. The predicted molar refractivity (Wildman–Crippen MR) is 119 cm³/mol. The smallest absolute Gasteiger partial charge is 0.319 e. The molecule has 2 aromatic carbocycles. The Kier molecular flexibility index (Phi) is 4.18. The zero-order valence-corrected chi connectivity index (χ0v) is 17.0. The first kappa shape index (κ1) is 17.8. The molecule has 2 amide bonds. The van der Waals surface area contributed by atoms with E-state index in [1.54, 1.807) is 6.20 Å². The first-order valence-electron chi connectivity index (χ1n) is 11.2. The Morgan fingerprint density at radius 3 is 2.73 bits per heavy atom.